The zero-order chi connectivity index (χ0) is 12.3. The van der Waals surface area contributed by atoms with Crippen molar-refractivity contribution in [3.05, 3.63) is 11.9 Å². The van der Waals surface area contributed by atoms with Crippen LogP contribution < -0.4 is 5.32 Å². The van der Waals surface area contributed by atoms with E-state index in [1.807, 2.05) is 0 Å². The molecule has 0 aliphatic carbocycles. The van der Waals surface area contributed by atoms with E-state index in [4.69, 9.17) is 5.11 Å². The zero-order valence-electron chi connectivity index (χ0n) is 9.53. The fraction of sp³-hybridized carbons (Fsp3) is 0.800. The van der Waals surface area contributed by atoms with E-state index in [-0.39, 0.29) is 12.6 Å². The molecule has 0 aromatic carbocycles. The molecule has 4 N–H and O–H groups in total. The first-order chi connectivity index (χ1) is 8.20. The van der Waals surface area contributed by atoms with E-state index in [0.717, 1.165) is 5.69 Å². The molecule has 2 heterocycles. The van der Waals surface area contributed by atoms with Gasteiger partial charge in [-0.2, -0.15) is 0 Å². The Morgan fingerprint density at radius 3 is 2.94 bits per heavy atom. The van der Waals surface area contributed by atoms with Crippen molar-refractivity contribution in [1.82, 2.24) is 20.3 Å². The molecule has 96 valence electrons. The molecule has 17 heavy (non-hydrogen) atoms. The number of hydrogen-bond donors (Lipinski definition) is 4. The smallest absolute Gasteiger partial charge is 0.0982 e. The minimum absolute atomic E-state index is 0.141. The van der Waals surface area contributed by atoms with Crippen LogP contribution in [0.15, 0.2) is 6.20 Å². The predicted octanol–water partition coefficient (Wildman–Crippen LogP) is -2.10. The molecule has 0 spiro atoms. The number of hydrogen-bond acceptors (Lipinski definition) is 6. The lowest BCUT2D eigenvalue weighted by Gasteiger charge is -2.15. The van der Waals surface area contributed by atoms with Crippen molar-refractivity contribution >= 4 is 0 Å². The van der Waals surface area contributed by atoms with Crippen LogP contribution in [-0.4, -0.2) is 61.7 Å². The van der Waals surface area contributed by atoms with Crippen LogP contribution in [-0.2, 0) is 13.0 Å². The van der Waals surface area contributed by atoms with Gasteiger partial charge in [0.15, 0.2) is 0 Å². The van der Waals surface area contributed by atoms with Gasteiger partial charge in [0.05, 0.1) is 30.5 Å². The molecule has 7 nitrogen and oxygen atoms in total. The minimum Gasteiger partial charge on any atom is -0.396 e. The van der Waals surface area contributed by atoms with E-state index in [9.17, 15) is 10.2 Å². The van der Waals surface area contributed by atoms with Crippen molar-refractivity contribution < 1.29 is 15.3 Å². The molecular formula is C10H18N4O3. The van der Waals surface area contributed by atoms with E-state index >= 15 is 0 Å². The van der Waals surface area contributed by atoms with E-state index in [0.29, 0.717) is 25.9 Å². The average Bonchev–Trinajstić information content (AvgIpc) is 2.89. The molecule has 0 bridgehead atoms. The molecular weight excluding hydrogens is 224 g/mol. The van der Waals surface area contributed by atoms with Crippen molar-refractivity contribution in [2.24, 2.45) is 0 Å². The summed E-state index contributed by atoms with van der Waals surface area (Å²) >= 11 is 0. The molecule has 1 aromatic rings. The highest BCUT2D eigenvalue weighted by Crippen LogP contribution is 2.10. The van der Waals surface area contributed by atoms with Crippen LogP contribution in [0.2, 0.25) is 0 Å². The lowest BCUT2D eigenvalue weighted by Crippen LogP contribution is -2.36. The van der Waals surface area contributed by atoms with E-state index in [1.54, 1.807) is 10.9 Å². The summed E-state index contributed by atoms with van der Waals surface area (Å²) in [6.45, 7) is 1.02. The van der Waals surface area contributed by atoms with Gasteiger partial charge in [-0.3, -0.25) is 4.68 Å². The van der Waals surface area contributed by atoms with E-state index in [2.05, 4.69) is 15.6 Å². The second-order valence-corrected chi connectivity index (χ2v) is 4.33. The molecule has 3 atom stereocenters. The Labute approximate surface area is 99.1 Å². The van der Waals surface area contributed by atoms with Crippen LogP contribution in [0.5, 0.6) is 0 Å². The Morgan fingerprint density at radius 1 is 1.47 bits per heavy atom. The van der Waals surface area contributed by atoms with Crippen molar-refractivity contribution in [3.8, 4) is 0 Å². The van der Waals surface area contributed by atoms with Gasteiger partial charge in [0, 0.05) is 19.3 Å². The first-order valence-corrected chi connectivity index (χ1v) is 5.80. The molecule has 0 amide bonds. The first kappa shape index (κ1) is 12.4. The molecule has 2 rings (SSSR count). The molecule has 1 aromatic heterocycles. The molecule has 0 saturated carbocycles. The second kappa shape index (κ2) is 5.54. The summed E-state index contributed by atoms with van der Waals surface area (Å²) in [6.07, 6.45) is 1.69. The number of β-amino-alcohol motifs (C(OH)–C–C–N with tert-alkyl or cyclic N) is 1. The monoisotopic (exact) mass is 242 g/mol. The lowest BCUT2D eigenvalue weighted by atomic mass is 10.1. The summed E-state index contributed by atoms with van der Waals surface area (Å²) in [7, 11) is 0. The van der Waals surface area contributed by atoms with Crippen molar-refractivity contribution in [2.75, 3.05) is 13.2 Å². The van der Waals surface area contributed by atoms with Gasteiger partial charge in [-0.25, -0.2) is 0 Å². The van der Waals surface area contributed by atoms with Crippen molar-refractivity contribution in [2.45, 2.75) is 37.6 Å². The summed E-state index contributed by atoms with van der Waals surface area (Å²) < 4.78 is 1.64. The molecule has 7 heteroatoms. The lowest BCUT2D eigenvalue weighted by molar-refractivity contribution is 0.0372. The number of aliphatic hydroxyl groups is 3. The highest BCUT2D eigenvalue weighted by atomic mass is 16.3. The van der Waals surface area contributed by atoms with Crippen LogP contribution in [0.4, 0.5) is 0 Å². The minimum atomic E-state index is -0.764. The van der Waals surface area contributed by atoms with Gasteiger partial charge in [-0.1, -0.05) is 5.21 Å². The Hall–Kier alpha value is -1.02. The van der Waals surface area contributed by atoms with Gasteiger partial charge in [0.2, 0.25) is 0 Å². The zero-order valence-corrected chi connectivity index (χ0v) is 9.53. The van der Waals surface area contributed by atoms with Gasteiger partial charge in [-0.05, 0) is 12.8 Å². The third-order valence-corrected chi connectivity index (χ3v) is 2.96. The highest BCUT2D eigenvalue weighted by Gasteiger charge is 2.33. The Bertz CT molecular complexity index is 357. The van der Waals surface area contributed by atoms with Crippen LogP contribution in [0.3, 0.4) is 0 Å². The Kier molecular flexibility index (Phi) is 4.06. The van der Waals surface area contributed by atoms with E-state index < -0.39 is 12.2 Å². The maximum atomic E-state index is 9.66. The molecule has 1 fully saturated rings. The fourth-order valence-corrected chi connectivity index (χ4v) is 1.96. The largest absolute Gasteiger partial charge is 0.396 e. The number of rotatable bonds is 5. The Balaban J connectivity index is 1.88. The molecule has 1 aliphatic heterocycles. The normalized spacial score (nSPS) is 28.8. The quantitative estimate of drug-likeness (QED) is 0.471. The van der Waals surface area contributed by atoms with Crippen molar-refractivity contribution in [3.63, 3.8) is 0 Å². The van der Waals surface area contributed by atoms with Crippen LogP contribution in [0.1, 0.15) is 12.1 Å². The SMILES string of the molecule is OCCCc1cn(C[C@@H]2NC[C@@H](O)[C@H]2O)nn1. The van der Waals surface area contributed by atoms with Gasteiger partial charge >= 0.3 is 0 Å². The number of aliphatic hydroxyl groups excluding tert-OH is 3. The molecule has 0 radical (unpaired) electrons. The summed E-state index contributed by atoms with van der Waals surface area (Å²) in [5.41, 5.74) is 0.826. The van der Waals surface area contributed by atoms with Gasteiger partial charge in [-0.15, -0.1) is 5.10 Å². The number of nitrogens with one attached hydrogen (secondary N) is 1. The van der Waals surface area contributed by atoms with Crippen LogP contribution >= 0.6 is 0 Å². The van der Waals surface area contributed by atoms with E-state index in [1.165, 1.54) is 0 Å². The summed E-state index contributed by atoms with van der Waals surface area (Å²) in [6, 6.07) is -0.197. The third-order valence-electron chi connectivity index (χ3n) is 2.96. The molecule has 1 saturated heterocycles. The maximum Gasteiger partial charge on any atom is 0.0982 e. The van der Waals surface area contributed by atoms with Crippen LogP contribution in [0, 0.1) is 0 Å². The molecule has 0 unspecified atom stereocenters. The third kappa shape index (κ3) is 3.01. The van der Waals surface area contributed by atoms with Crippen molar-refractivity contribution in [1.29, 1.82) is 0 Å². The summed E-state index contributed by atoms with van der Waals surface area (Å²) in [5, 5.41) is 38.7. The number of nitrogens with zero attached hydrogens (tertiary/aromatic N) is 3. The number of aryl methyl sites for hydroxylation is 1. The van der Waals surface area contributed by atoms with Gasteiger partial charge < -0.3 is 20.6 Å². The van der Waals surface area contributed by atoms with Gasteiger partial charge in [0.25, 0.3) is 0 Å². The second-order valence-electron chi connectivity index (χ2n) is 4.33. The first-order valence-electron chi connectivity index (χ1n) is 5.80. The maximum absolute atomic E-state index is 9.66. The van der Waals surface area contributed by atoms with Crippen LogP contribution in [0.25, 0.3) is 0 Å². The summed E-state index contributed by atoms with van der Waals surface area (Å²) in [4.78, 5) is 0. The fourth-order valence-electron chi connectivity index (χ4n) is 1.96. The highest BCUT2D eigenvalue weighted by molar-refractivity contribution is 4.95. The average molecular weight is 242 g/mol. The standard InChI is InChI=1S/C10H18N4O3/c15-3-1-2-7-5-14(13-12-7)6-8-10(17)9(16)4-11-8/h5,8-11,15-17H,1-4,6H2/t8-,9+,10-/m0/s1. The Morgan fingerprint density at radius 2 is 2.29 bits per heavy atom. The molecule has 1 aliphatic rings. The number of aromatic nitrogens is 3. The summed E-state index contributed by atoms with van der Waals surface area (Å²) in [5.74, 6) is 0. The van der Waals surface area contributed by atoms with Gasteiger partial charge in [0.1, 0.15) is 0 Å². The topological polar surface area (TPSA) is 103 Å². The predicted molar refractivity (Wildman–Crippen MR) is 59.2 cm³/mol.